The van der Waals surface area contributed by atoms with Crippen molar-refractivity contribution in [1.29, 1.82) is 0 Å². The number of hydrogen-bond donors (Lipinski definition) is 1. The quantitative estimate of drug-likeness (QED) is 0.701. The molecule has 1 amide bonds. The molecule has 0 aliphatic heterocycles. The number of thiophene rings is 1. The summed E-state index contributed by atoms with van der Waals surface area (Å²) < 4.78 is 10.2. The van der Waals surface area contributed by atoms with Crippen molar-refractivity contribution in [3.8, 4) is 0 Å². The first-order chi connectivity index (χ1) is 13.3. The first-order valence-corrected chi connectivity index (χ1v) is 9.93. The molecule has 6 nitrogen and oxygen atoms in total. The predicted molar refractivity (Wildman–Crippen MR) is 109 cm³/mol. The topological polar surface area (TPSA) is 81.7 Å². The molecule has 0 bridgehead atoms. The third kappa shape index (κ3) is 4.98. The van der Waals surface area contributed by atoms with Crippen molar-refractivity contribution in [2.45, 2.75) is 41.0 Å². The molecule has 0 aliphatic rings. The first kappa shape index (κ1) is 21.6. The Bertz CT molecular complexity index is 900. The van der Waals surface area contributed by atoms with Gasteiger partial charge in [-0.05, 0) is 51.3 Å². The zero-order valence-corrected chi connectivity index (χ0v) is 17.6. The highest BCUT2D eigenvalue weighted by Gasteiger charge is 2.23. The van der Waals surface area contributed by atoms with Crippen molar-refractivity contribution in [3.63, 3.8) is 0 Å². The van der Waals surface area contributed by atoms with Crippen molar-refractivity contribution >= 4 is 34.2 Å². The number of benzene rings is 1. The van der Waals surface area contributed by atoms with Gasteiger partial charge in [-0.3, -0.25) is 4.79 Å². The molecule has 7 heteroatoms. The summed E-state index contributed by atoms with van der Waals surface area (Å²) in [7, 11) is 0. The minimum atomic E-state index is -0.557. The van der Waals surface area contributed by atoms with Gasteiger partial charge in [-0.15, -0.1) is 11.3 Å². The van der Waals surface area contributed by atoms with Crippen LogP contribution in [0.15, 0.2) is 18.2 Å². The minimum absolute atomic E-state index is 0.246. The van der Waals surface area contributed by atoms with Gasteiger partial charge in [0.15, 0.2) is 6.61 Å². The number of ether oxygens (including phenoxy) is 2. The van der Waals surface area contributed by atoms with Crippen LogP contribution in [0.5, 0.6) is 0 Å². The molecule has 1 heterocycles. The monoisotopic (exact) mass is 403 g/mol. The molecule has 0 unspecified atom stereocenters. The van der Waals surface area contributed by atoms with E-state index in [1.807, 2.05) is 39.8 Å². The number of esters is 2. The summed E-state index contributed by atoms with van der Waals surface area (Å²) in [6, 6.07) is 5.46. The van der Waals surface area contributed by atoms with Crippen LogP contribution in [-0.4, -0.2) is 31.1 Å². The number of anilines is 1. The van der Waals surface area contributed by atoms with Gasteiger partial charge in [0.2, 0.25) is 0 Å². The fraction of sp³-hybridized carbons (Fsp3) is 0.381. The Labute approximate surface area is 168 Å². The van der Waals surface area contributed by atoms with E-state index in [9.17, 15) is 14.4 Å². The lowest BCUT2D eigenvalue weighted by Crippen LogP contribution is -2.22. The lowest BCUT2D eigenvalue weighted by molar-refractivity contribution is -0.119. The van der Waals surface area contributed by atoms with Crippen molar-refractivity contribution in [2.24, 2.45) is 0 Å². The minimum Gasteiger partial charge on any atom is -0.462 e. The molecule has 0 atom stereocenters. The van der Waals surface area contributed by atoms with E-state index in [1.54, 1.807) is 13.0 Å². The summed E-state index contributed by atoms with van der Waals surface area (Å²) >= 11 is 1.33. The highest BCUT2D eigenvalue weighted by molar-refractivity contribution is 7.17. The van der Waals surface area contributed by atoms with Gasteiger partial charge >= 0.3 is 11.9 Å². The molecule has 0 spiro atoms. The lowest BCUT2D eigenvalue weighted by Gasteiger charge is -2.09. The van der Waals surface area contributed by atoms with Gasteiger partial charge in [0.1, 0.15) is 5.00 Å². The number of hydrogen-bond acceptors (Lipinski definition) is 6. The highest BCUT2D eigenvalue weighted by atomic mass is 32.1. The summed E-state index contributed by atoms with van der Waals surface area (Å²) in [6.45, 7) is 9.03. The van der Waals surface area contributed by atoms with E-state index in [0.29, 0.717) is 16.1 Å². The molecular weight excluding hydrogens is 378 g/mol. The smallest absolute Gasteiger partial charge is 0.341 e. The van der Waals surface area contributed by atoms with Crippen molar-refractivity contribution in [3.05, 3.63) is 50.9 Å². The van der Waals surface area contributed by atoms with Gasteiger partial charge in [0.05, 0.1) is 17.7 Å². The molecule has 0 aliphatic carbocycles. The van der Waals surface area contributed by atoms with E-state index in [2.05, 4.69) is 5.32 Å². The van der Waals surface area contributed by atoms with Crippen LogP contribution in [0, 0.1) is 20.8 Å². The third-order valence-electron chi connectivity index (χ3n) is 4.25. The molecule has 2 aromatic rings. The Morgan fingerprint density at radius 1 is 1.04 bits per heavy atom. The van der Waals surface area contributed by atoms with Gasteiger partial charge in [0, 0.05) is 4.88 Å². The van der Waals surface area contributed by atoms with Crippen LogP contribution >= 0.6 is 11.3 Å². The van der Waals surface area contributed by atoms with Crippen LogP contribution in [0.3, 0.4) is 0 Å². The summed E-state index contributed by atoms with van der Waals surface area (Å²) in [6.07, 6.45) is 0.737. The largest absolute Gasteiger partial charge is 0.462 e. The van der Waals surface area contributed by atoms with Gasteiger partial charge < -0.3 is 14.8 Å². The van der Waals surface area contributed by atoms with E-state index in [1.165, 1.54) is 11.3 Å². The van der Waals surface area contributed by atoms with Crippen LogP contribution in [0.25, 0.3) is 0 Å². The average Bonchev–Trinajstić information content (AvgIpc) is 2.97. The molecule has 0 radical (unpaired) electrons. The second-order valence-electron chi connectivity index (χ2n) is 6.37. The molecule has 1 aromatic carbocycles. The van der Waals surface area contributed by atoms with Gasteiger partial charge in [-0.1, -0.05) is 24.6 Å². The Morgan fingerprint density at radius 3 is 2.39 bits per heavy atom. The van der Waals surface area contributed by atoms with E-state index < -0.39 is 24.5 Å². The van der Waals surface area contributed by atoms with Crippen LogP contribution in [-0.2, 0) is 20.7 Å². The number of nitrogens with one attached hydrogen (secondary N) is 1. The fourth-order valence-electron chi connectivity index (χ4n) is 2.76. The van der Waals surface area contributed by atoms with E-state index in [4.69, 9.17) is 9.47 Å². The maximum absolute atomic E-state index is 12.3. The SMILES string of the molecule is CCOC(=O)c1c(NC(=O)COC(=O)c2cc(C)ccc2C)sc(CC)c1C. The van der Waals surface area contributed by atoms with Gasteiger partial charge in [-0.25, -0.2) is 9.59 Å². The Balaban J connectivity index is 2.09. The fourth-order valence-corrected chi connectivity index (χ4v) is 3.91. The zero-order valence-electron chi connectivity index (χ0n) is 16.8. The third-order valence-corrected chi connectivity index (χ3v) is 5.60. The molecule has 0 saturated heterocycles. The predicted octanol–water partition coefficient (Wildman–Crippen LogP) is 4.21. The maximum Gasteiger partial charge on any atom is 0.341 e. The summed E-state index contributed by atoms with van der Waals surface area (Å²) in [5.41, 5.74) is 3.30. The number of aryl methyl sites for hydroxylation is 3. The Kier molecular flexibility index (Phi) is 7.34. The maximum atomic E-state index is 12.3. The molecule has 2 rings (SSSR count). The van der Waals surface area contributed by atoms with Crippen LogP contribution in [0.4, 0.5) is 5.00 Å². The molecule has 0 saturated carbocycles. The van der Waals surface area contributed by atoms with Crippen LogP contribution < -0.4 is 5.32 Å². The molecule has 1 aromatic heterocycles. The summed E-state index contributed by atoms with van der Waals surface area (Å²) in [5, 5.41) is 3.10. The number of rotatable bonds is 7. The zero-order chi connectivity index (χ0) is 20.8. The molecular formula is C21H25NO5S. The normalized spacial score (nSPS) is 10.5. The first-order valence-electron chi connectivity index (χ1n) is 9.12. The van der Waals surface area contributed by atoms with E-state index >= 15 is 0 Å². The number of amides is 1. The van der Waals surface area contributed by atoms with Gasteiger partial charge in [-0.2, -0.15) is 0 Å². The molecule has 1 N–H and O–H groups in total. The second kappa shape index (κ2) is 9.50. The second-order valence-corrected chi connectivity index (χ2v) is 7.48. The van der Waals surface area contributed by atoms with Crippen molar-refractivity contribution < 1.29 is 23.9 Å². The summed E-state index contributed by atoms with van der Waals surface area (Å²) in [5.74, 6) is -1.54. The highest BCUT2D eigenvalue weighted by Crippen LogP contribution is 2.34. The Morgan fingerprint density at radius 2 is 1.75 bits per heavy atom. The number of carbonyl (C=O) groups excluding carboxylic acids is 3. The summed E-state index contributed by atoms with van der Waals surface area (Å²) in [4.78, 5) is 37.8. The van der Waals surface area contributed by atoms with Crippen LogP contribution in [0.1, 0.15) is 56.1 Å². The standard InChI is InChI=1S/C21H25NO5S/c1-6-16-14(5)18(21(25)26-7-2)19(28-16)22-17(23)11-27-20(24)15-10-12(3)8-9-13(15)4/h8-10H,6-7,11H2,1-5H3,(H,22,23). The van der Waals surface area contributed by atoms with Crippen molar-refractivity contribution in [1.82, 2.24) is 0 Å². The van der Waals surface area contributed by atoms with E-state index in [0.717, 1.165) is 28.0 Å². The van der Waals surface area contributed by atoms with Gasteiger partial charge in [0.25, 0.3) is 5.91 Å². The van der Waals surface area contributed by atoms with Crippen LogP contribution in [0.2, 0.25) is 0 Å². The Hall–Kier alpha value is -2.67. The van der Waals surface area contributed by atoms with E-state index in [-0.39, 0.29) is 6.61 Å². The van der Waals surface area contributed by atoms with Crippen molar-refractivity contribution in [2.75, 3.05) is 18.5 Å². The molecule has 28 heavy (non-hydrogen) atoms. The molecule has 0 fully saturated rings. The average molecular weight is 404 g/mol. The number of carbonyl (C=O) groups is 3. The lowest BCUT2D eigenvalue weighted by atomic mass is 10.1. The molecule has 150 valence electrons.